The summed E-state index contributed by atoms with van der Waals surface area (Å²) in [5, 5.41) is 0.569. The fourth-order valence-electron chi connectivity index (χ4n) is 1.53. The molecule has 0 fully saturated rings. The third kappa shape index (κ3) is 2.92. The van der Waals surface area contributed by atoms with E-state index in [9.17, 15) is 8.78 Å². The molecule has 0 saturated heterocycles. The molecule has 0 amide bonds. The molecule has 2 aromatic carbocycles. The summed E-state index contributed by atoms with van der Waals surface area (Å²) in [6.45, 7) is 0. The zero-order valence-electron chi connectivity index (χ0n) is 8.93. The highest BCUT2D eigenvalue weighted by Gasteiger charge is 2.14. The maximum absolute atomic E-state index is 13.2. The van der Waals surface area contributed by atoms with Gasteiger partial charge >= 0.3 is 0 Å². The molecule has 0 saturated carbocycles. The van der Waals surface area contributed by atoms with Gasteiger partial charge in [0.1, 0.15) is 0 Å². The molecular formula is C13H7Br2ClF2. The Kier molecular flexibility index (Phi) is 4.41. The van der Waals surface area contributed by atoms with Crippen molar-refractivity contribution in [1.29, 1.82) is 0 Å². The van der Waals surface area contributed by atoms with Gasteiger partial charge in [0.25, 0.3) is 0 Å². The zero-order chi connectivity index (χ0) is 13.3. The molecule has 94 valence electrons. The maximum Gasteiger partial charge on any atom is 0.159 e. The Morgan fingerprint density at radius 2 is 1.56 bits per heavy atom. The Hall–Kier alpha value is -0.450. The van der Waals surface area contributed by atoms with Gasteiger partial charge in [0, 0.05) is 4.47 Å². The van der Waals surface area contributed by atoms with Crippen LogP contribution in [0.1, 0.15) is 16.0 Å². The van der Waals surface area contributed by atoms with E-state index >= 15 is 0 Å². The van der Waals surface area contributed by atoms with Crippen molar-refractivity contribution < 1.29 is 8.78 Å². The molecule has 0 heterocycles. The molecular weight excluding hydrogens is 389 g/mol. The average molecular weight is 396 g/mol. The Morgan fingerprint density at radius 3 is 2.17 bits per heavy atom. The Bertz CT molecular complexity index is 536. The van der Waals surface area contributed by atoms with E-state index in [2.05, 4.69) is 31.9 Å². The number of alkyl halides is 1. The minimum absolute atomic E-state index is 0.238. The van der Waals surface area contributed by atoms with Gasteiger partial charge in [-0.3, -0.25) is 0 Å². The van der Waals surface area contributed by atoms with Gasteiger partial charge in [-0.2, -0.15) is 0 Å². The summed E-state index contributed by atoms with van der Waals surface area (Å²) in [6.07, 6.45) is 0. The van der Waals surface area contributed by atoms with E-state index in [0.717, 1.165) is 16.1 Å². The SMILES string of the molecule is Fc1ccc(C(Br)c2ccc(Br)c(Cl)c2)cc1F. The summed E-state index contributed by atoms with van der Waals surface area (Å²) < 4.78 is 26.8. The molecule has 0 aliphatic rings. The first-order valence-corrected chi connectivity index (χ1v) is 7.11. The first-order chi connectivity index (χ1) is 8.49. The van der Waals surface area contributed by atoms with Crippen LogP contribution in [0, 0.1) is 11.6 Å². The minimum Gasteiger partial charge on any atom is -0.204 e. The van der Waals surface area contributed by atoms with Gasteiger partial charge in [-0.15, -0.1) is 0 Å². The van der Waals surface area contributed by atoms with Gasteiger partial charge in [-0.25, -0.2) is 8.78 Å². The minimum atomic E-state index is -0.861. The van der Waals surface area contributed by atoms with Gasteiger partial charge in [0.15, 0.2) is 11.6 Å². The van der Waals surface area contributed by atoms with Crippen molar-refractivity contribution in [3.05, 3.63) is 68.7 Å². The van der Waals surface area contributed by atoms with Crippen LogP contribution in [0.4, 0.5) is 8.78 Å². The van der Waals surface area contributed by atoms with Crippen LogP contribution in [0.25, 0.3) is 0 Å². The van der Waals surface area contributed by atoms with Crippen LogP contribution >= 0.6 is 43.5 Å². The number of halogens is 5. The molecule has 1 atom stereocenters. The van der Waals surface area contributed by atoms with E-state index in [0.29, 0.717) is 10.6 Å². The van der Waals surface area contributed by atoms with E-state index in [1.165, 1.54) is 12.1 Å². The van der Waals surface area contributed by atoms with Crippen LogP contribution in [0.15, 0.2) is 40.9 Å². The molecule has 18 heavy (non-hydrogen) atoms. The predicted octanol–water partition coefficient (Wildman–Crippen LogP) is 5.87. The van der Waals surface area contributed by atoms with Crippen molar-refractivity contribution in [2.24, 2.45) is 0 Å². The van der Waals surface area contributed by atoms with E-state index in [-0.39, 0.29) is 4.83 Å². The number of hydrogen-bond donors (Lipinski definition) is 0. The van der Waals surface area contributed by atoms with E-state index < -0.39 is 11.6 Å². The van der Waals surface area contributed by atoms with Crippen LogP contribution in [0.5, 0.6) is 0 Å². The summed E-state index contributed by atoms with van der Waals surface area (Å²) in [4.78, 5) is -0.238. The molecule has 2 rings (SSSR count). The summed E-state index contributed by atoms with van der Waals surface area (Å²) in [7, 11) is 0. The first-order valence-electron chi connectivity index (χ1n) is 5.03. The lowest BCUT2D eigenvalue weighted by molar-refractivity contribution is 0.507. The van der Waals surface area contributed by atoms with Crippen LogP contribution in [-0.2, 0) is 0 Å². The molecule has 5 heteroatoms. The number of benzene rings is 2. The third-order valence-corrected chi connectivity index (χ3v) is 4.76. The zero-order valence-corrected chi connectivity index (χ0v) is 12.9. The molecule has 0 N–H and O–H groups in total. The Morgan fingerprint density at radius 1 is 0.944 bits per heavy atom. The lowest BCUT2D eigenvalue weighted by atomic mass is 10.0. The average Bonchev–Trinajstić information content (AvgIpc) is 2.35. The lowest BCUT2D eigenvalue weighted by Crippen LogP contribution is -1.95. The fourth-order valence-corrected chi connectivity index (χ4v) is 2.54. The smallest absolute Gasteiger partial charge is 0.159 e. The summed E-state index contributed by atoms with van der Waals surface area (Å²) >= 11 is 12.7. The van der Waals surface area contributed by atoms with Crippen molar-refractivity contribution >= 4 is 43.5 Å². The van der Waals surface area contributed by atoms with Crippen molar-refractivity contribution in [3.63, 3.8) is 0 Å². The second-order valence-electron chi connectivity index (χ2n) is 3.71. The molecule has 0 radical (unpaired) electrons. The van der Waals surface area contributed by atoms with Crippen molar-refractivity contribution in [2.45, 2.75) is 4.83 Å². The van der Waals surface area contributed by atoms with Crippen molar-refractivity contribution in [3.8, 4) is 0 Å². The molecule has 0 aromatic heterocycles. The van der Waals surface area contributed by atoms with Crippen molar-refractivity contribution in [2.75, 3.05) is 0 Å². The lowest BCUT2D eigenvalue weighted by Gasteiger charge is -2.12. The van der Waals surface area contributed by atoms with Crippen LogP contribution < -0.4 is 0 Å². The molecule has 2 aromatic rings. The first kappa shape index (κ1) is 14.0. The Balaban J connectivity index is 2.37. The van der Waals surface area contributed by atoms with Gasteiger partial charge in [0.05, 0.1) is 9.85 Å². The number of hydrogen-bond acceptors (Lipinski definition) is 0. The second-order valence-corrected chi connectivity index (χ2v) is 5.89. The molecule has 1 unspecified atom stereocenters. The molecule has 0 nitrogen and oxygen atoms in total. The van der Waals surface area contributed by atoms with E-state index in [1.807, 2.05) is 12.1 Å². The maximum atomic E-state index is 13.2. The predicted molar refractivity (Wildman–Crippen MR) is 76.3 cm³/mol. The highest BCUT2D eigenvalue weighted by atomic mass is 79.9. The monoisotopic (exact) mass is 394 g/mol. The van der Waals surface area contributed by atoms with E-state index in [4.69, 9.17) is 11.6 Å². The molecule has 0 spiro atoms. The van der Waals surface area contributed by atoms with Crippen molar-refractivity contribution in [1.82, 2.24) is 0 Å². The largest absolute Gasteiger partial charge is 0.204 e. The topological polar surface area (TPSA) is 0 Å². The van der Waals surface area contributed by atoms with E-state index in [1.54, 1.807) is 6.07 Å². The third-order valence-electron chi connectivity index (χ3n) is 2.47. The number of rotatable bonds is 2. The highest BCUT2D eigenvalue weighted by molar-refractivity contribution is 9.10. The quantitative estimate of drug-likeness (QED) is 0.558. The van der Waals surface area contributed by atoms with Gasteiger partial charge in [-0.05, 0) is 51.3 Å². The standard InChI is InChI=1S/C13H7Br2ClF2/c14-9-3-1-7(5-10(9)16)13(15)8-2-4-11(17)12(18)6-8/h1-6,13H. The highest BCUT2D eigenvalue weighted by Crippen LogP contribution is 2.34. The second kappa shape index (κ2) is 5.68. The molecule has 0 aliphatic carbocycles. The van der Waals surface area contributed by atoms with Gasteiger partial charge in [-0.1, -0.05) is 39.7 Å². The van der Waals surface area contributed by atoms with Gasteiger partial charge < -0.3 is 0 Å². The summed E-state index contributed by atoms with van der Waals surface area (Å²) in [5.41, 5.74) is 1.50. The van der Waals surface area contributed by atoms with Crippen LogP contribution in [0.3, 0.4) is 0 Å². The van der Waals surface area contributed by atoms with Crippen LogP contribution in [0.2, 0.25) is 5.02 Å². The summed E-state index contributed by atoms with van der Waals surface area (Å²) in [5.74, 6) is -1.72. The molecule has 0 aliphatic heterocycles. The normalized spacial score (nSPS) is 12.5. The summed E-state index contributed by atoms with van der Waals surface area (Å²) in [6, 6.07) is 9.26. The molecule has 0 bridgehead atoms. The van der Waals surface area contributed by atoms with Gasteiger partial charge in [0.2, 0.25) is 0 Å². The van der Waals surface area contributed by atoms with Crippen LogP contribution in [-0.4, -0.2) is 0 Å². The Labute approximate surface area is 125 Å². The fraction of sp³-hybridized carbons (Fsp3) is 0.0769.